The summed E-state index contributed by atoms with van der Waals surface area (Å²) in [6.45, 7) is 9.59. The van der Waals surface area contributed by atoms with E-state index in [1.54, 1.807) is 7.11 Å². The molecule has 3 nitrogen and oxygen atoms in total. The minimum absolute atomic E-state index is 0.134. The van der Waals surface area contributed by atoms with Crippen molar-refractivity contribution in [3.63, 3.8) is 0 Å². The molecule has 0 spiro atoms. The van der Waals surface area contributed by atoms with Gasteiger partial charge in [-0.2, -0.15) is 0 Å². The Bertz CT molecular complexity index is 171. The summed E-state index contributed by atoms with van der Waals surface area (Å²) in [7, 11) is 1.66. The lowest BCUT2D eigenvalue weighted by atomic mass is 9.95. The van der Waals surface area contributed by atoms with Gasteiger partial charge in [0.2, 0.25) is 0 Å². The normalized spacial score (nSPS) is 14.7. The summed E-state index contributed by atoms with van der Waals surface area (Å²) in [5.41, 5.74) is -0.134. The molecule has 0 saturated heterocycles. The van der Waals surface area contributed by atoms with Crippen molar-refractivity contribution in [1.82, 2.24) is 0 Å². The lowest BCUT2D eigenvalue weighted by Gasteiger charge is -2.28. The molecule has 96 valence electrons. The molecule has 0 heterocycles. The zero-order valence-electron chi connectivity index (χ0n) is 11.0. The number of unbranched alkanes of at least 4 members (excludes halogenated alkanes) is 1. The fourth-order valence-corrected chi connectivity index (χ4v) is 1.47. The van der Waals surface area contributed by atoms with Gasteiger partial charge in [-0.1, -0.05) is 25.8 Å². The highest BCUT2D eigenvalue weighted by Gasteiger charge is 2.22. The van der Waals surface area contributed by atoms with E-state index in [9.17, 15) is 0 Å². The number of rotatable bonds is 11. The van der Waals surface area contributed by atoms with Crippen molar-refractivity contribution in [2.45, 2.75) is 45.1 Å². The maximum atomic E-state index is 5.77. The molecule has 0 N–H and O–H groups in total. The number of methoxy groups -OCH3 is 1. The lowest BCUT2D eigenvalue weighted by molar-refractivity contribution is -0.141. The molecule has 0 bridgehead atoms. The molecule has 3 heteroatoms. The van der Waals surface area contributed by atoms with E-state index in [4.69, 9.17) is 14.2 Å². The van der Waals surface area contributed by atoms with Gasteiger partial charge in [0.05, 0.1) is 18.8 Å². The highest BCUT2D eigenvalue weighted by atomic mass is 16.7. The van der Waals surface area contributed by atoms with Gasteiger partial charge < -0.3 is 14.2 Å². The van der Waals surface area contributed by atoms with E-state index in [-0.39, 0.29) is 5.60 Å². The predicted octanol–water partition coefficient (Wildman–Crippen LogP) is 3.15. The summed E-state index contributed by atoms with van der Waals surface area (Å²) in [4.78, 5) is 0. The molecule has 0 saturated carbocycles. The highest BCUT2D eigenvalue weighted by Crippen LogP contribution is 2.23. The predicted molar refractivity (Wildman–Crippen MR) is 66.5 cm³/mol. The molecule has 0 aliphatic heterocycles. The third-order valence-corrected chi connectivity index (χ3v) is 2.56. The Hall–Kier alpha value is -0.380. The van der Waals surface area contributed by atoms with Crippen molar-refractivity contribution in [1.29, 1.82) is 0 Å². The third kappa shape index (κ3) is 7.85. The molecule has 0 aliphatic rings. The van der Waals surface area contributed by atoms with E-state index in [0.29, 0.717) is 20.0 Å². The summed E-state index contributed by atoms with van der Waals surface area (Å²) in [5.74, 6) is 0. The molecule has 0 fully saturated rings. The average molecular weight is 230 g/mol. The van der Waals surface area contributed by atoms with Crippen molar-refractivity contribution in [2.75, 3.05) is 27.1 Å². The van der Waals surface area contributed by atoms with Gasteiger partial charge in [0.1, 0.15) is 6.79 Å². The van der Waals surface area contributed by atoms with Crippen LogP contribution in [0.1, 0.15) is 39.5 Å². The number of hydrogen-bond acceptors (Lipinski definition) is 3. The summed E-state index contributed by atoms with van der Waals surface area (Å²) in [6.07, 6.45) is 6.16. The van der Waals surface area contributed by atoms with E-state index >= 15 is 0 Å². The molecule has 0 rings (SSSR count). The molecule has 0 radical (unpaired) electrons. The van der Waals surface area contributed by atoms with E-state index < -0.39 is 0 Å². The Kier molecular flexibility index (Phi) is 9.59. The molecule has 16 heavy (non-hydrogen) atoms. The van der Waals surface area contributed by atoms with Crippen LogP contribution in [-0.4, -0.2) is 32.7 Å². The molecular weight excluding hydrogens is 204 g/mol. The summed E-state index contributed by atoms with van der Waals surface area (Å²) in [5, 5.41) is 0. The van der Waals surface area contributed by atoms with Crippen LogP contribution in [0.4, 0.5) is 0 Å². The molecule has 0 aliphatic carbocycles. The Labute approximate surface area is 99.8 Å². The van der Waals surface area contributed by atoms with Gasteiger partial charge in [0, 0.05) is 7.11 Å². The van der Waals surface area contributed by atoms with Crippen molar-refractivity contribution in [3.8, 4) is 0 Å². The van der Waals surface area contributed by atoms with E-state index in [2.05, 4.69) is 20.4 Å². The van der Waals surface area contributed by atoms with Gasteiger partial charge in [-0.25, -0.2) is 0 Å². The van der Waals surface area contributed by atoms with E-state index in [1.165, 1.54) is 12.8 Å². The zero-order valence-corrected chi connectivity index (χ0v) is 11.0. The first kappa shape index (κ1) is 15.6. The maximum Gasteiger partial charge on any atom is 0.147 e. The fourth-order valence-electron chi connectivity index (χ4n) is 1.47. The summed E-state index contributed by atoms with van der Waals surface area (Å²) >= 11 is 0. The minimum atomic E-state index is -0.134. The van der Waals surface area contributed by atoms with Crippen LogP contribution in [0, 0.1) is 0 Å². The Morgan fingerprint density at radius 1 is 1.31 bits per heavy atom. The molecule has 0 amide bonds. The quantitative estimate of drug-likeness (QED) is 0.310. The second kappa shape index (κ2) is 9.82. The molecule has 0 aromatic heterocycles. The van der Waals surface area contributed by atoms with Gasteiger partial charge in [-0.15, -0.1) is 6.58 Å². The average Bonchev–Trinajstić information content (AvgIpc) is 2.27. The first-order valence-corrected chi connectivity index (χ1v) is 6.00. The number of ether oxygens (including phenoxy) is 3. The van der Waals surface area contributed by atoms with Gasteiger partial charge >= 0.3 is 0 Å². The van der Waals surface area contributed by atoms with Crippen molar-refractivity contribution >= 4 is 0 Å². The van der Waals surface area contributed by atoms with Crippen LogP contribution in [0.2, 0.25) is 0 Å². The van der Waals surface area contributed by atoms with E-state index in [0.717, 1.165) is 12.8 Å². The number of hydrogen-bond donors (Lipinski definition) is 0. The first-order chi connectivity index (χ1) is 7.68. The van der Waals surface area contributed by atoms with E-state index in [1.807, 2.05) is 6.08 Å². The molecule has 1 atom stereocenters. The second-order valence-electron chi connectivity index (χ2n) is 4.21. The van der Waals surface area contributed by atoms with Crippen LogP contribution in [0.25, 0.3) is 0 Å². The van der Waals surface area contributed by atoms with Crippen LogP contribution in [0.15, 0.2) is 12.7 Å². The Morgan fingerprint density at radius 2 is 2.06 bits per heavy atom. The van der Waals surface area contributed by atoms with Crippen LogP contribution in [0.5, 0.6) is 0 Å². The molecule has 1 unspecified atom stereocenters. The molecule has 0 aromatic rings. The Balaban J connectivity index is 3.77. The minimum Gasteiger partial charge on any atom is -0.382 e. The topological polar surface area (TPSA) is 27.7 Å². The van der Waals surface area contributed by atoms with Crippen LogP contribution < -0.4 is 0 Å². The van der Waals surface area contributed by atoms with Gasteiger partial charge in [-0.05, 0) is 19.8 Å². The van der Waals surface area contributed by atoms with Crippen molar-refractivity contribution < 1.29 is 14.2 Å². The smallest absolute Gasteiger partial charge is 0.147 e. The van der Waals surface area contributed by atoms with Gasteiger partial charge in [0.15, 0.2) is 0 Å². The van der Waals surface area contributed by atoms with Crippen LogP contribution in [0.3, 0.4) is 0 Å². The standard InChI is InChI=1S/C13H26O3/c1-5-7-9-13(3,8-6-2)16-12-15-11-10-14-4/h6H,2,5,7-12H2,1,3-4H3. The lowest BCUT2D eigenvalue weighted by Crippen LogP contribution is -2.29. The summed E-state index contributed by atoms with van der Waals surface area (Å²) in [6, 6.07) is 0. The SMILES string of the molecule is C=CCC(C)(CCCC)OCOCCOC. The van der Waals surface area contributed by atoms with Crippen LogP contribution in [-0.2, 0) is 14.2 Å². The largest absolute Gasteiger partial charge is 0.382 e. The zero-order chi connectivity index (χ0) is 12.3. The highest BCUT2D eigenvalue weighted by molar-refractivity contribution is 4.84. The van der Waals surface area contributed by atoms with Crippen molar-refractivity contribution in [3.05, 3.63) is 12.7 Å². The summed E-state index contributed by atoms with van der Waals surface area (Å²) < 4.78 is 16.0. The maximum absolute atomic E-state index is 5.77. The fraction of sp³-hybridized carbons (Fsp3) is 0.846. The van der Waals surface area contributed by atoms with Crippen molar-refractivity contribution in [2.24, 2.45) is 0 Å². The van der Waals surface area contributed by atoms with Crippen LogP contribution >= 0.6 is 0 Å². The van der Waals surface area contributed by atoms with Gasteiger partial charge in [0.25, 0.3) is 0 Å². The third-order valence-electron chi connectivity index (χ3n) is 2.56. The molecule has 0 aromatic carbocycles. The Morgan fingerprint density at radius 3 is 2.62 bits per heavy atom. The first-order valence-electron chi connectivity index (χ1n) is 6.00. The van der Waals surface area contributed by atoms with Gasteiger partial charge in [-0.3, -0.25) is 0 Å². The molecular formula is C13H26O3. The second-order valence-corrected chi connectivity index (χ2v) is 4.21. The monoisotopic (exact) mass is 230 g/mol.